The number of carbonyl (C=O) groups is 1. The Balaban J connectivity index is 1.19. The number of nitrogens with zero attached hydrogens (tertiary/aromatic N) is 3. The van der Waals surface area contributed by atoms with Crippen LogP contribution in [0.15, 0.2) is 36.7 Å². The van der Waals surface area contributed by atoms with Crippen molar-refractivity contribution in [3.8, 4) is 0 Å². The van der Waals surface area contributed by atoms with Gasteiger partial charge in [-0.2, -0.15) is 0 Å². The molecule has 166 valence electrons. The molecule has 2 aliphatic heterocycles. The van der Waals surface area contributed by atoms with Gasteiger partial charge in [0, 0.05) is 18.5 Å². The SMILES string of the molecule is C=C1N(CCN2CCCCC2)c2ccccc2N1CC(=O)C12CC3CC(CC(C3)C1)C2. The van der Waals surface area contributed by atoms with Gasteiger partial charge in [0.25, 0.3) is 0 Å². The zero-order valence-corrected chi connectivity index (χ0v) is 18.9. The van der Waals surface area contributed by atoms with E-state index in [9.17, 15) is 4.79 Å². The maximum absolute atomic E-state index is 13.8. The molecule has 5 fully saturated rings. The Morgan fingerprint density at radius 2 is 1.45 bits per heavy atom. The van der Waals surface area contributed by atoms with Crippen molar-refractivity contribution in [2.45, 2.75) is 57.8 Å². The predicted molar refractivity (Wildman–Crippen MR) is 126 cm³/mol. The number of benzene rings is 1. The second-order valence-electron chi connectivity index (χ2n) is 11.2. The Morgan fingerprint density at radius 1 is 0.871 bits per heavy atom. The number of hydrogen-bond acceptors (Lipinski definition) is 4. The molecule has 0 unspecified atom stereocenters. The first-order valence-corrected chi connectivity index (χ1v) is 12.7. The molecule has 4 nitrogen and oxygen atoms in total. The van der Waals surface area contributed by atoms with Gasteiger partial charge in [-0.05, 0) is 94.3 Å². The molecule has 4 bridgehead atoms. The van der Waals surface area contributed by atoms with Crippen molar-refractivity contribution >= 4 is 17.2 Å². The molecular formula is C27H37N3O. The molecule has 4 heteroatoms. The maximum atomic E-state index is 13.8. The Morgan fingerprint density at radius 3 is 2.06 bits per heavy atom. The van der Waals surface area contributed by atoms with Gasteiger partial charge in [0.2, 0.25) is 0 Å². The van der Waals surface area contributed by atoms with Crippen LogP contribution in [0.5, 0.6) is 0 Å². The highest BCUT2D eigenvalue weighted by atomic mass is 16.1. The van der Waals surface area contributed by atoms with E-state index in [-0.39, 0.29) is 5.41 Å². The Labute approximate surface area is 187 Å². The first-order chi connectivity index (χ1) is 15.1. The van der Waals surface area contributed by atoms with Crippen LogP contribution in [0.4, 0.5) is 11.4 Å². The molecule has 4 aliphatic carbocycles. The number of Topliss-reactive ketones (excluding diaryl/α,β-unsaturated/α-hetero) is 1. The lowest BCUT2D eigenvalue weighted by atomic mass is 9.48. The quantitative estimate of drug-likeness (QED) is 0.644. The van der Waals surface area contributed by atoms with Crippen LogP contribution < -0.4 is 9.80 Å². The van der Waals surface area contributed by atoms with Gasteiger partial charge in [0.05, 0.1) is 17.9 Å². The minimum Gasteiger partial charge on any atom is -0.325 e. The molecule has 7 rings (SSSR count). The van der Waals surface area contributed by atoms with Gasteiger partial charge in [0.1, 0.15) is 5.82 Å². The molecule has 0 aromatic heterocycles. The van der Waals surface area contributed by atoms with Crippen molar-refractivity contribution in [1.82, 2.24) is 4.90 Å². The number of carbonyl (C=O) groups excluding carboxylic acids is 1. The van der Waals surface area contributed by atoms with Crippen molar-refractivity contribution in [3.05, 3.63) is 36.7 Å². The van der Waals surface area contributed by atoms with Crippen molar-refractivity contribution in [2.24, 2.45) is 23.2 Å². The van der Waals surface area contributed by atoms with Crippen LogP contribution in [0.1, 0.15) is 57.8 Å². The fourth-order valence-electron chi connectivity index (χ4n) is 7.96. The first-order valence-electron chi connectivity index (χ1n) is 12.7. The van der Waals surface area contributed by atoms with E-state index in [2.05, 4.69) is 45.5 Å². The molecule has 31 heavy (non-hydrogen) atoms. The Hall–Kier alpha value is -1.81. The summed E-state index contributed by atoms with van der Waals surface area (Å²) in [6.45, 7) is 9.44. The normalized spacial score (nSPS) is 34.5. The van der Waals surface area contributed by atoms with Gasteiger partial charge in [-0.25, -0.2) is 0 Å². The average Bonchev–Trinajstić information content (AvgIpc) is 3.03. The van der Waals surface area contributed by atoms with Crippen LogP contribution in [-0.4, -0.2) is 43.4 Å². The highest BCUT2D eigenvalue weighted by molar-refractivity contribution is 5.93. The molecular weight excluding hydrogens is 382 g/mol. The van der Waals surface area contributed by atoms with Crippen LogP contribution in [0.25, 0.3) is 0 Å². The molecule has 4 saturated carbocycles. The average molecular weight is 420 g/mol. The molecule has 1 saturated heterocycles. The number of hydrogen-bond donors (Lipinski definition) is 0. The minimum absolute atomic E-state index is 0.0365. The van der Waals surface area contributed by atoms with Crippen LogP contribution in [0, 0.1) is 23.2 Å². The van der Waals surface area contributed by atoms with E-state index in [4.69, 9.17) is 0 Å². The lowest BCUT2D eigenvalue weighted by molar-refractivity contribution is -0.142. The van der Waals surface area contributed by atoms with Gasteiger partial charge >= 0.3 is 0 Å². The minimum atomic E-state index is -0.0365. The number of para-hydroxylation sites is 2. The van der Waals surface area contributed by atoms with E-state index in [0.29, 0.717) is 12.3 Å². The number of anilines is 2. The zero-order chi connectivity index (χ0) is 21.0. The lowest BCUT2D eigenvalue weighted by Crippen LogP contribution is -2.52. The molecule has 0 atom stereocenters. The monoisotopic (exact) mass is 419 g/mol. The topological polar surface area (TPSA) is 26.8 Å². The summed E-state index contributed by atoms with van der Waals surface area (Å²) in [7, 11) is 0. The second kappa shape index (κ2) is 7.65. The summed E-state index contributed by atoms with van der Waals surface area (Å²) in [5, 5.41) is 0. The number of ketones is 1. The van der Waals surface area contributed by atoms with Gasteiger partial charge in [-0.15, -0.1) is 0 Å². The third kappa shape index (κ3) is 3.42. The van der Waals surface area contributed by atoms with E-state index >= 15 is 0 Å². The summed E-state index contributed by atoms with van der Waals surface area (Å²) < 4.78 is 0. The second-order valence-corrected chi connectivity index (χ2v) is 11.2. The van der Waals surface area contributed by atoms with Gasteiger partial charge in [-0.3, -0.25) is 4.79 Å². The van der Waals surface area contributed by atoms with E-state index in [1.165, 1.54) is 63.0 Å². The van der Waals surface area contributed by atoms with E-state index in [1.807, 2.05) is 0 Å². The van der Waals surface area contributed by atoms with E-state index < -0.39 is 0 Å². The number of fused-ring (bicyclic) bond motifs is 1. The van der Waals surface area contributed by atoms with Crippen molar-refractivity contribution in [3.63, 3.8) is 0 Å². The summed E-state index contributed by atoms with van der Waals surface area (Å²) in [5.74, 6) is 3.91. The highest BCUT2D eigenvalue weighted by Gasteiger charge is 2.54. The van der Waals surface area contributed by atoms with Crippen LogP contribution in [0.3, 0.4) is 0 Å². The standard InChI is InChI=1S/C27H37N3O/c1-20-29(12-11-28-9-5-2-6-10-28)24-7-3-4-8-25(24)30(20)19-26(31)27-16-21-13-22(17-27)15-23(14-21)18-27/h3-4,7-8,21-23H,1-2,5-6,9-19H2. The molecule has 0 radical (unpaired) electrons. The molecule has 0 spiro atoms. The molecule has 0 N–H and O–H groups in total. The van der Waals surface area contributed by atoms with Crippen LogP contribution in [-0.2, 0) is 4.79 Å². The van der Waals surface area contributed by atoms with E-state index in [1.54, 1.807) is 0 Å². The van der Waals surface area contributed by atoms with Gasteiger partial charge in [-0.1, -0.05) is 25.1 Å². The number of rotatable bonds is 6. The summed E-state index contributed by atoms with van der Waals surface area (Å²) in [4.78, 5) is 21.0. The van der Waals surface area contributed by atoms with Gasteiger partial charge in [0.15, 0.2) is 5.78 Å². The van der Waals surface area contributed by atoms with Crippen molar-refractivity contribution in [2.75, 3.05) is 42.5 Å². The molecule has 1 aromatic carbocycles. The predicted octanol–water partition coefficient (Wildman–Crippen LogP) is 5.06. The summed E-state index contributed by atoms with van der Waals surface area (Å²) >= 11 is 0. The van der Waals surface area contributed by atoms with Crippen molar-refractivity contribution < 1.29 is 4.79 Å². The van der Waals surface area contributed by atoms with Crippen molar-refractivity contribution in [1.29, 1.82) is 0 Å². The van der Waals surface area contributed by atoms with Gasteiger partial charge < -0.3 is 14.7 Å². The zero-order valence-electron chi connectivity index (χ0n) is 18.9. The van der Waals surface area contributed by atoms with E-state index in [0.717, 1.165) is 55.9 Å². The first kappa shape index (κ1) is 19.8. The largest absolute Gasteiger partial charge is 0.325 e. The third-order valence-corrected chi connectivity index (χ3v) is 9.11. The number of likely N-dealkylation sites (tertiary alicyclic amines) is 1. The summed E-state index contributed by atoms with van der Waals surface area (Å²) in [5.41, 5.74) is 2.36. The Kier molecular flexibility index (Phi) is 4.90. The number of piperidine rings is 1. The smallest absolute Gasteiger partial charge is 0.158 e. The molecule has 1 aromatic rings. The fourth-order valence-corrected chi connectivity index (χ4v) is 7.96. The maximum Gasteiger partial charge on any atom is 0.158 e. The lowest BCUT2D eigenvalue weighted by Gasteiger charge is -2.56. The summed E-state index contributed by atoms with van der Waals surface area (Å²) in [6, 6.07) is 8.59. The fraction of sp³-hybridized carbons (Fsp3) is 0.667. The highest BCUT2D eigenvalue weighted by Crippen LogP contribution is 2.60. The van der Waals surface area contributed by atoms with Crippen LogP contribution >= 0.6 is 0 Å². The Bertz CT molecular complexity index is 836. The molecule has 6 aliphatic rings. The third-order valence-electron chi connectivity index (χ3n) is 9.11. The molecule has 2 heterocycles. The summed E-state index contributed by atoms with van der Waals surface area (Å²) in [6.07, 6.45) is 11.6. The molecule has 0 amide bonds. The van der Waals surface area contributed by atoms with Crippen LogP contribution in [0.2, 0.25) is 0 Å².